The summed E-state index contributed by atoms with van der Waals surface area (Å²) in [7, 11) is 1.97. The molecule has 3 nitrogen and oxygen atoms in total. The van der Waals surface area contributed by atoms with Crippen LogP contribution in [0.5, 0.6) is 0 Å². The molecule has 1 unspecified atom stereocenters. The first-order chi connectivity index (χ1) is 8.13. The average molecular weight is 256 g/mol. The van der Waals surface area contributed by atoms with Gasteiger partial charge in [-0.2, -0.15) is 5.10 Å². The van der Waals surface area contributed by atoms with E-state index in [-0.39, 0.29) is 0 Å². The molecule has 1 saturated carbocycles. The minimum absolute atomic E-state index is 0.583. The highest BCUT2D eigenvalue weighted by atomic mass is 35.5. The van der Waals surface area contributed by atoms with Crippen LogP contribution in [0.4, 0.5) is 0 Å². The summed E-state index contributed by atoms with van der Waals surface area (Å²) in [6.07, 6.45) is 5.02. The average Bonchev–Trinajstić information content (AvgIpc) is 2.49. The van der Waals surface area contributed by atoms with Crippen LogP contribution in [-0.2, 0) is 20.0 Å². The summed E-state index contributed by atoms with van der Waals surface area (Å²) in [4.78, 5) is 0. The fourth-order valence-corrected chi connectivity index (χ4v) is 2.74. The summed E-state index contributed by atoms with van der Waals surface area (Å²) in [6.45, 7) is 5.18. The van der Waals surface area contributed by atoms with Crippen molar-refractivity contribution < 1.29 is 0 Å². The molecule has 2 rings (SSSR count). The second-order valence-corrected chi connectivity index (χ2v) is 5.42. The smallest absolute Gasteiger partial charge is 0.0863 e. The monoisotopic (exact) mass is 255 g/mol. The van der Waals surface area contributed by atoms with Gasteiger partial charge in [0.05, 0.1) is 16.4 Å². The molecule has 96 valence electrons. The number of aromatic nitrogens is 2. The number of nitrogens with one attached hydrogen (secondary N) is 1. The van der Waals surface area contributed by atoms with Crippen LogP contribution >= 0.6 is 11.6 Å². The van der Waals surface area contributed by atoms with E-state index in [0.717, 1.165) is 35.3 Å². The van der Waals surface area contributed by atoms with Gasteiger partial charge in [-0.1, -0.05) is 24.9 Å². The van der Waals surface area contributed by atoms with Crippen molar-refractivity contribution in [3.05, 3.63) is 16.4 Å². The Balaban J connectivity index is 1.95. The van der Waals surface area contributed by atoms with Gasteiger partial charge >= 0.3 is 0 Å². The van der Waals surface area contributed by atoms with Crippen molar-refractivity contribution in [1.82, 2.24) is 15.1 Å². The summed E-state index contributed by atoms with van der Waals surface area (Å²) >= 11 is 6.32. The third-order valence-corrected chi connectivity index (χ3v) is 4.39. The Bertz CT molecular complexity index is 382. The fraction of sp³-hybridized carbons (Fsp3) is 0.769. The largest absolute Gasteiger partial charge is 0.308 e. The Labute approximate surface area is 109 Å². The van der Waals surface area contributed by atoms with Gasteiger partial charge < -0.3 is 5.32 Å². The van der Waals surface area contributed by atoms with E-state index >= 15 is 0 Å². The van der Waals surface area contributed by atoms with Crippen LogP contribution in [0.25, 0.3) is 0 Å². The molecule has 1 fully saturated rings. The molecule has 1 aliphatic carbocycles. The first kappa shape index (κ1) is 12.9. The minimum atomic E-state index is 0.583. The third kappa shape index (κ3) is 2.66. The predicted molar refractivity (Wildman–Crippen MR) is 71.2 cm³/mol. The van der Waals surface area contributed by atoms with E-state index in [1.165, 1.54) is 19.3 Å². The SMILES string of the molecule is CCc1nn(C)c(CNC(C)C2CCC2)c1Cl. The zero-order valence-electron chi connectivity index (χ0n) is 11.0. The number of hydrogen-bond acceptors (Lipinski definition) is 2. The molecule has 1 heterocycles. The molecule has 17 heavy (non-hydrogen) atoms. The van der Waals surface area contributed by atoms with E-state index in [1.54, 1.807) is 0 Å². The van der Waals surface area contributed by atoms with Crippen molar-refractivity contribution in [2.24, 2.45) is 13.0 Å². The minimum Gasteiger partial charge on any atom is -0.308 e. The summed E-state index contributed by atoms with van der Waals surface area (Å²) in [5, 5.41) is 8.84. The van der Waals surface area contributed by atoms with Crippen LogP contribution in [-0.4, -0.2) is 15.8 Å². The van der Waals surface area contributed by atoms with Crippen molar-refractivity contribution >= 4 is 11.6 Å². The van der Waals surface area contributed by atoms with Gasteiger partial charge in [-0.3, -0.25) is 4.68 Å². The van der Waals surface area contributed by atoms with E-state index in [4.69, 9.17) is 11.6 Å². The molecule has 0 radical (unpaired) electrons. The molecule has 0 saturated heterocycles. The fourth-order valence-electron chi connectivity index (χ4n) is 2.38. The van der Waals surface area contributed by atoms with E-state index in [2.05, 4.69) is 24.3 Å². The molecule has 4 heteroatoms. The maximum atomic E-state index is 6.32. The molecule has 0 bridgehead atoms. The van der Waals surface area contributed by atoms with Gasteiger partial charge in [0.25, 0.3) is 0 Å². The van der Waals surface area contributed by atoms with Gasteiger partial charge in [0.1, 0.15) is 0 Å². The summed E-state index contributed by atoms with van der Waals surface area (Å²) in [6, 6.07) is 0.583. The maximum Gasteiger partial charge on any atom is 0.0863 e. The normalized spacial score (nSPS) is 18.1. The highest BCUT2D eigenvalue weighted by molar-refractivity contribution is 6.31. The molecule has 0 spiro atoms. The summed E-state index contributed by atoms with van der Waals surface area (Å²) in [5.41, 5.74) is 2.11. The third-order valence-electron chi connectivity index (χ3n) is 3.95. The highest BCUT2D eigenvalue weighted by Crippen LogP contribution is 2.29. The Kier molecular flexibility index (Phi) is 4.10. The quantitative estimate of drug-likeness (QED) is 0.877. The first-order valence-corrected chi connectivity index (χ1v) is 6.94. The predicted octanol–water partition coefficient (Wildman–Crippen LogP) is 2.91. The van der Waals surface area contributed by atoms with Crippen LogP contribution < -0.4 is 5.32 Å². The topological polar surface area (TPSA) is 29.9 Å². The van der Waals surface area contributed by atoms with Gasteiger partial charge in [0, 0.05) is 19.6 Å². The second kappa shape index (κ2) is 5.40. The molecule has 0 aliphatic heterocycles. The van der Waals surface area contributed by atoms with Crippen molar-refractivity contribution in [2.75, 3.05) is 0 Å². The lowest BCUT2D eigenvalue weighted by Crippen LogP contribution is -2.37. The highest BCUT2D eigenvalue weighted by Gasteiger charge is 2.24. The van der Waals surface area contributed by atoms with Crippen LogP contribution in [0.2, 0.25) is 5.02 Å². The van der Waals surface area contributed by atoms with Gasteiger partial charge in [0.15, 0.2) is 0 Å². The number of hydrogen-bond donors (Lipinski definition) is 1. The van der Waals surface area contributed by atoms with Crippen molar-refractivity contribution in [2.45, 2.75) is 52.1 Å². The van der Waals surface area contributed by atoms with Crippen LogP contribution in [0.3, 0.4) is 0 Å². The zero-order chi connectivity index (χ0) is 12.4. The van der Waals surface area contributed by atoms with Gasteiger partial charge in [0.2, 0.25) is 0 Å². The van der Waals surface area contributed by atoms with Crippen molar-refractivity contribution in [3.63, 3.8) is 0 Å². The molecule has 1 atom stereocenters. The molecular formula is C13H22ClN3. The van der Waals surface area contributed by atoms with E-state index in [9.17, 15) is 0 Å². The van der Waals surface area contributed by atoms with E-state index in [0.29, 0.717) is 6.04 Å². The molecular weight excluding hydrogens is 234 g/mol. The Morgan fingerprint density at radius 1 is 1.53 bits per heavy atom. The Hall–Kier alpha value is -0.540. The lowest BCUT2D eigenvalue weighted by atomic mass is 9.80. The van der Waals surface area contributed by atoms with Crippen LogP contribution in [0.15, 0.2) is 0 Å². The van der Waals surface area contributed by atoms with Gasteiger partial charge in [-0.15, -0.1) is 0 Å². The molecule has 0 aromatic carbocycles. The zero-order valence-corrected chi connectivity index (χ0v) is 11.7. The van der Waals surface area contributed by atoms with E-state index < -0.39 is 0 Å². The maximum absolute atomic E-state index is 6.32. The lowest BCUT2D eigenvalue weighted by Gasteiger charge is -2.32. The molecule has 1 aromatic rings. The summed E-state index contributed by atoms with van der Waals surface area (Å²) in [5.74, 6) is 0.854. The second-order valence-electron chi connectivity index (χ2n) is 5.05. The standard InChI is InChI=1S/C13H22ClN3/c1-4-11-13(14)12(17(3)16-11)8-15-9(2)10-6-5-7-10/h9-10,15H,4-8H2,1-3H3. The Morgan fingerprint density at radius 2 is 2.24 bits per heavy atom. The molecule has 0 amide bonds. The molecule has 1 N–H and O–H groups in total. The van der Waals surface area contributed by atoms with Crippen molar-refractivity contribution in [3.8, 4) is 0 Å². The first-order valence-electron chi connectivity index (χ1n) is 6.57. The van der Waals surface area contributed by atoms with Crippen LogP contribution in [0.1, 0.15) is 44.5 Å². The summed E-state index contributed by atoms with van der Waals surface area (Å²) < 4.78 is 1.90. The lowest BCUT2D eigenvalue weighted by molar-refractivity contribution is 0.239. The van der Waals surface area contributed by atoms with Crippen LogP contribution in [0, 0.1) is 5.92 Å². The number of rotatable bonds is 5. The van der Waals surface area contributed by atoms with Crippen molar-refractivity contribution in [1.29, 1.82) is 0 Å². The Morgan fingerprint density at radius 3 is 2.71 bits per heavy atom. The number of aryl methyl sites for hydroxylation is 2. The van der Waals surface area contributed by atoms with Gasteiger partial charge in [-0.05, 0) is 32.1 Å². The molecule has 1 aromatic heterocycles. The number of halogens is 1. The van der Waals surface area contributed by atoms with Gasteiger partial charge in [-0.25, -0.2) is 0 Å². The molecule has 1 aliphatic rings. The van der Waals surface area contributed by atoms with E-state index in [1.807, 2.05) is 11.7 Å². The number of nitrogens with zero attached hydrogens (tertiary/aromatic N) is 2.